The van der Waals surface area contributed by atoms with Crippen LogP contribution in [0.3, 0.4) is 0 Å². The van der Waals surface area contributed by atoms with Gasteiger partial charge in [0, 0.05) is 32.2 Å². The number of rotatable bonds is 4. The second kappa shape index (κ2) is 5.48. The SMILES string of the molecule is Cc1cc(C(=O)N[C@H](c2nccn2C)C(C)C)nn1C. The molecule has 0 aliphatic carbocycles. The highest BCUT2D eigenvalue weighted by Gasteiger charge is 2.23. The molecule has 1 atom stereocenters. The zero-order valence-electron chi connectivity index (χ0n) is 12.6. The van der Waals surface area contributed by atoms with Gasteiger partial charge in [0.25, 0.3) is 5.91 Å². The molecule has 2 aromatic rings. The van der Waals surface area contributed by atoms with Gasteiger partial charge in [-0.1, -0.05) is 13.8 Å². The molecular formula is C14H21N5O. The molecule has 2 aromatic heterocycles. The third-order valence-corrected chi connectivity index (χ3v) is 3.44. The Kier molecular flexibility index (Phi) is 3.92. The second-order valence-electron chi connectivity index (χ2n) is 5.39. The first-order chi connectivity index (χ1) is 9.40. The lowest BCUT2D eigenvalue weighted by atomic mass is 10.0. The van der Waals surface area contributed by atoms with Crippen molar-refractivity contribution in [2.45, 2.75) is 26.8 Å². The largest absolute Gasteiger partial charge is 0.340 e. The first-order valence-corrected chi connectivity index (χ1v) is 6.69. The van der Waals surface area contributed by atoms with Gasteiger partial charge in [0.05, 0.1) is 6.04 Å². The van der Waals surface area contributed by atoms with Crippen molar-refractivity contribution in [1.82, 2.24) is 24.6 Å². The van der Waals surface area contributed by atoms with Crippen molar-refractivity contribution in [3.63, 3.8) is 0 Å². The molecule has 0 spiro atoms. The van der Waals surface area contributed by atoms with E-state index in [1.807, 2.05) is 31.8 Å². The Labute approximate surface area is 118 Å². The molecule has 0 aliphatic rings. The van der Waals surface area contributed by atoms with Crippen LogP contribution in [-0.4, -0.2) is 25.2 Å². The van der Waals surface area contributed by atoms with Crippen LogP contribution in [0, 0.1) is 12.8 Å². The standard InChI is InChI=1S/C14H21N5O/c1-9(2)12(13-15-6-7-18(13)4)16-14(20)11-8-10(3)19(5)17-11/h6-9,12H,1-5H3,(H,16,20)/t12-/m0/s1. The number of carbonyl (C=O) groups is 1. The molecule has 2 rings (SSSR count). The summed E-state index contributed by atoms with van der Waals surface area (Å²) in [5.74, 6) is 0.918. The van der Waals surface area contributed by atoms with Gasteiger partial charge in [-0.3, -0.25) is 9.48 Å². The molecule has 0 radical (unpaired) electrons. The Balaban J connectivity index is 2.21. The molecule has 0 fully saturated rings. The molecule has 0 saturated carbocycles. The molecular weight excluding hydrogens is 254 g/mol. The van der Waals surface area contributed by atoms with Gasteiger partial charge >= 0.3 is 0 Å². The lowest BCUT2D eigenvalue weighted by Crippen LogP contribution is -2.33. The van der Waals surface area contributed by atoms with Crippen molar-refractivity contribution < 1.29 is 4.79 Å². The van der Waals surface area contributed by atoms with E-state index in [9.17, 15) is 4.79 Å². The number of nitrogens with zero attached hydrogens (tertiary/aromatic N) is 4. The van der Waals surface area contributed by atoms with Crippen molar-refractivity contribution in [2.24, 2.45) is 20.0 Å². The number of hydrogen-bond donors (Lipinski definition) is 1. The number of aryl methyl sites for hydroxylation is 3. The quantitative estimate of drug-likeness (QED) is 0.921. The topological polar surface area (TPSA) is 64.7 Å². The molecule has 1 N–H and O–H groups in total. The fraction of sp³-hybridized carbons (Fsp3) is 0.500. The maximum Gasteiger partial charge on any atom is 0.272 e. The van der Waals surface area contributed by atoms with Gasteiger partial charge in [0.15, 0.2) is 0 Å². The minimum atomic E-state index is -0.171. The number of carbonyl (C=O) groups excluding carboxylic acids is 1. The first kappa shape index (κ1) is 14.3. The van der Waals surface area contributed by atoms with E-state index in [1.54, 1.807) is 16.9 Å². The number of aromatic nitrogens is 4. The Morgan fingerprint density at radius 1 is 1.35 bits per heavy atom. The summed E-state index contributed by atoms with van der Waals surface area (Å²) >= 11 is 0. The summed E-state index contributed by atoms with van der Waals surface area (Å²) in [5, 5.41) is 7.22. The van der Waals surface area contributed by atoms with Gasteiger partial charge in [0.1, 0.15) is 11.5 Å². The molecule has 6 nitrogen and oxygen atoms in total. The normalized spacial score (nSPS) is 12.7. The van der Waals surface area contributed by atoms with Crippen molar-refractivity contribution in [3.8, 4) is 0 Å². The summed E-state index contributed by atoms with van der Waals surface area (Å²) in [6, 6.07) is 1.65. The van der Waals surface area contributed by atoms with Gasteiger partial charge in [-0.2, -0.15) is 5.10 Å². The van der Waals surface area contributed by atoms with Crippen LogP contribution in [0.25, 0.3) is 0 Å². The highest BCUT2D eigenvalue weighted by molar-refractivity contribution is 5.92. The van der Waals surface area contributed by atoms with Gasteiger partial charge in [0.2, 0.25) is 0 Å². The molecule has 2 heterocycles. The van der Waals surface area contributed by atoms with Crippen molar-refractivity contribution in [1.29, 1.82) is 0 Å². The average Bonchev–Trinajstić information content (AvgIpc) is 2.93. The Bertz CT molecular complexity index is 591. The summed E-state index contributed by atoms with van der Waals surface area (Å²) in [5.41, 5.74) is 1.39. The third kappa shape index (κ3) is 2.74. The molecule has 6 heteroatoms. The summed E-state index contributed by atoms with van der Waals surface area (Å²) < 4.78 is 3.62. The highest BCUT2D eigenvalue weighted by atomic mass is 16.2. The fourth-order valence-electron chi connectivity index (χ4n) is 2.09. The minimum absolute atomic E-state index is 0.134. The van der Waals surface area contributed by atoms with E-state index < -0.39 is 0 Å². The van der Waals surface area contributed by atoms with E-state index in [-0.39, 0.29) is 17.9 Å². The Morgan fingerprint density at radius 3 is 2.50 bits per heavy atom. The van der Waals surface area contributed by atoms with Crippen LogP contribution in [-0.2, 0) is 14.1 Å². The van der Waals surface area contributed by atoms with E-state index in [2.05, 4.69) is 29.2 Å². The van der Waals surface area contributed by atoms with Gasteiger partial charge in [-0.05, 0) is 18.9 Å². The van der Waals surface area contributed by atoms with Gasteiger partial charge in [-0.15, -0.1) is 0 Å². The Morgan fingerprint density at radius 2 is 2.05 bits per heavy atom. The molecule has 0 saturated heterocycles. The first-order valence-electron chi connectivity index (χ1n) is 6.69. The average molecular weight is 275 g/mol. The van der Waals surface area contributed by atoms with Crippen LogP contribution in [0.5, 0.6) is 0 Å². The maximum atomic E-state index is 12.3. The van der Waals surface area contributed by atoms with Crippen molar-refractivity contribution >= 4 is 5.91 Å². The fourth-order valence-corrected chi connectivity index (χ4v) is 2.09. The maximum absolute atomic E-state index is 12.3. The van der Waals surface area contributed by atoms with Gasteiger partial charge < -0.3 is 9.88 Å². The number of imidazole rings is 1. The van der Waals surface area contributed by atoms with Crippen molar-refractivity contribution in [2.75, 3.05) is 0 Å². The number of hydrogen-bond acceptors (Lipinski definition) is 3. The summed E-state index contributed by atoms with van der Waals surface area (Å²) in [6.45, 7) is 6.04. The monoisotopic (exact) mass is 275 g/mol. The van der Waals surface area contributed by atoms with Gasteiger partial charge in [-0.25, -0.2) is 4.98 Å². The molecule has 0 aliphatic heterocycles. The number of amides is 1. The summed E-state index contributed by atoms with van der Waals surface area (Å²) in [4.78, 5) is 16.6. The zero-order valence-corrected chi connectivity index (χ0v) is 12.6. The zero-order chi connectivity index (χ0) is 14.9. The summed E-state index contributed by atoms with van der Waals surface area (Å²) in [7, 11) is 3.75. The third-order valence-electron chi connectivity index (χ3n) is 3.44. The van der Waals surface area contributed by atoms with Crippen LogP contribution >= 0.6 is 0 Å². The van der Waals surface area contributed by atoms with Crippen LogP contribution in [0.15, 0.2) is 18.5 Å². The van der Waals surface area contributed by atoms with Crippen molar-refractivity contribution in [3.05, 3.63) is 35.7 Å². The smallest absolute Gasteiger partial charge is 0.272 e. The minimum Gasteiger partial charge on any atom is -0.340 e. The molecule has 108 valence electrons. The van der Waals surface area contributed by atoms with E-state index in [0.717, 1.165) is 11.5 Å². The highest BCUT2D eigenvalue weighted by Crippen LogP contribution is 2.20. The van der Waals surface area contributed by atoms with E-state index in [0.29, 0.717) is 5.69 Å². The van der Waals surface area contributed by atoms with Crippen LogP contribution in [0.1, 0.15) is 41.9 Å². The molecule has 0 bridgehead atoms. The van der Waals surface area contributed by atoms with E-state index >= 15 is 0 Å². The molecule has 0 unspecified atom stereocenters. The van der Waals surface area contributed by atoms with E-state index in [1.165, 1.54) is 0 Å². The lowest BCUT2D eigenvalue weighted by Gasteiger charge is -2.21. The lowest BCUT2D eigenvalue weighted by molar-refractivity contribution is 0.0916. The predicted octanol–water partition coefficient (Wildman–Crippen LogP) is 1.59. The molecule has 0 aromatic carbocycles. The van der Waals surface area contributed by atoms with Crippen LogP contribution in [0.4, 0.5) is 0 Å². The predicted molar refractivity (Wildman–Crippen MR) is 76.2 cm³/mol. The second-order valence-corrected chi connectivity index (χ2v) is 5.39. The van der Waals surface area contributed by atoms with E-state index in [4.69, 9.17) is 0 Å². The molecule has 20 heavy (non-hydrogen) atoms. The van der Waals surface area contributed by atoms with Crippen LogP contribution in [0.2, 0.25) is 0 Å². The summed E-state index contributed by atoms with van der Waals surface area (Å²) in [6.07, 6.45) is 3.61. The number of nitrogens with one attached hydrogen (secondary N) is 1. The van der Waals surface area contributed by atoms with Crippen LogP contribution < -0.4 is 5.32 Å². The molecule has 1 amide bonds. The Hall–Kier alpha value is -2.11.